The van der Waals surface area contributed by atoms with Crippen molar-refractivity contribution in [2.45, 2.75) is 51.0 Å². The highest BCUT2D eigenvalue weighted by molar-refractivity contribution is 5.61. The van der Waals surface area contributed by atoms with E-state index >= 15 is 0 Å². The molecule has 0 unspecified atom stereocenters. The van der Waals surface area contributed by atoms with Crippen LogP contribution < -0.4 is 10.1 Å². The Balaban J connectivity index is 1.69. The quantitative estimate of drug-likeness (QED) is 0.927. The molecule has 1 N–H and O–H groups in total. The van der Waals surface area contributed by atoms with E-state index < -0.39 is 0 Å². The van der Waals surface area contributed by atoms with Gasteiger partial charge in [0.2, 0.25) is 0 Å². The zero-order valence-corrected chi connectivity index (χ0v) is 13.6. The van der Waals surface area contributed by atoms with Gasteiger partial charge in [-0.25, -0.2) is 9.97 Å². The molecule has 23 heavy (non-hydrogen) atoms. The Morgan fingerprint density at radius 2 is 1.78 bits per heavy atom. The molecule has 0 radical (unpaired) electrons. The fraction of sp³-hybridized carbons (Fsp3) is 0.474. The Morgan fingerprint density at radius 1 is 1.00 bits per heavy atom. The largest absolute Gasteiger partial charge is 0.497 e. The second kappa shape index (κ2) is 6.19. The first-order chi connectivity index (χ1) is 11.3. The number of ether oxygens (including phenoxy) is 1. The van der Waals surface area contributed by atoms with E-state index in [9.17, 15) is 0 Å². The maximum atomic E-state index is 5.24. The van der Waals surface area contributed by atoms with Gasteiger partial charge in [-0.15, -0.1) is 0 Å². The molecule has 4 nitrogen and oxygen atoms in total. The first-order valence-electron chi connectivity index (χ1n) is 8.64. The molecule has 1 aromatic heterocycles. The van der Waals surface area contributed by atoms with Crippen LogP contribution in [0.5, 0.6) is 5.75 Å². The lowest BCUT2D eigenvalue weighted by atomic mass is 10.1. The molecule has 1 aromatic carbocycles. The van der Waals surface area contributed by atoms with Crippen molar-refractivity contribution < 1.29 is 4.74 Å². The van der Waals surface area contributed by atoms with Crippen molar-refractivity contribution in [2.24, 2.45) is 0 Å². The average molecular weight is 309 g/mol. The monoisotopic (exact) mass is 309 g/mol. The summed E-state index contributed by atoms with van der Waals surface area (Å²) in [6.45, 7) is 0. The van der Waals surface area contributed by atoms with Crippen LogP contribution in [0.4, 0.5) is 5.82 Å². The Bertz CT molecular complexity index is 691. The number of methoxy groups -OCH3 is 1. The molecule has 0 aliphatic heterocycles. The van der Waals surface area contributed by atoms with Crippen LogP contribution in [0.1, 0.15) is 43.4 Å². The van der Waals surface area contributed by atoms with Crippen LogP contribution in [0, 0.1) is 0 Å². The van der Waals surface area contributed by atoms with Gasteiger partial charge in [0.15, 0.2) is 5.82 Å². The summed E-state index contributed by atoms with van der Waals surface area (Å²) in [5.41, 5.74) is 3.62. The molecule has 2 aliphatic carbocycles. The molecule has 0 atom stereocenters. The Hall–Kier alpha value is -2.10. The minimum absolute atomic E-state index is 0.582. The van der Waals surface area contributed by atoms with Gasteiger partial charge in [-0.2, -0.15) is 0 Å². The third kappa shape index (κ3) is 2.90. The fourth-order valence-corrected chi connectivity index (χ4v) is 3.68. The molecular formula is C19H23N3O. The van der Waals surface area contributed by atoms with Gasteiger partial charge in [-0.3, -0.25) is 0 Å². The van der Waals surface area contributed by atoms with E-state index in [2.05, 4.69) is 5.32 Å². The van der Waals surface area contributed by atoms with Crippen molar-refractivity contribution in [3.05, 3.63) is 35.5 Å². The molecule has 4 rings (SSSR count). The number of hydrogen-bond donors (Lipinski definition) is 1. The van der Waals surface area contributed by atoms with Crippen LogP contribution in [0.3, 0.4) is 0 Å². The smallest absolute Gasteiger partial charge is 0.161 e. The second-order valence-corrected chi connectivity index (χ2v) is 6.53. The number of hydrogen-bond acceptors (Lipinski definition) is 4. The standard InChI is InChI=1S/C19H23N3O/c1-23-15-11-9-13(10-12-15)18-21-17-8-4-7-16(17)19(22-18)20-14-5-2-3-6-14/h9-12,14H,2-8H2,1H3,(H,20,21,22). The van der Waals surface area contributed by atoms with E-state index in [0.717, 1.165) is 35.8 Å². The van der Waals surface area contributed by atoms with Crippen molar-refractivity contribution in [1.82, 2.24) is 9.97 Å². The molecule has 2 aromatic rings. The van der Waals surface area contributed by atoms with Gasteiger partial charge in [-0.05, 0) is 56.4 Å². The first-order valence-corrected chi connectivity index (χ1v) is 8.64. The molecule has 1 fully saturated rings. The van der Waals surface area contributed by atoms with Crippen molar-refractivity contribution in [3.8, 4) is 17.1 Å². The molecule has 0 saturated heterocycles. The average Bonchev–Trinajstić information content (AvgIpc) is 3.26. The van der Waals surface area contributed by atoms with Gasteiger partial charge in [-0.1, -0.05) is 12.8 Å². The lowest BCUT2D eigenvalue weighted by molar-refractivity contribution is 0.415. The minimum atomic E-state index is 0.582. The number of fused-ring (bicyclic) bond motifs is 1. The number of aromatic nitrogens is 2. The lowest BCUT2D eigenvalue weighted by Crippen LogP contribution is -2.17. The number of aryl methyl sites for hydroxylation is 1. The molecule has 120 valence electrons. The maximum Gasteiger partial charge on any atom is 0.161 e. The third-order valence-corrected chi connectivity index (χ3v) is 4.98. The number of nitrogens with zero attached hydrogens (tertiary/aromatic N) is 2. The van der Waals surface area contributed by atoms with Crippen LogP contribution >= 0.6 is 0 Å². The molecule has 0 amide bonds. The van der Waals surface area contributed by atoms with Gasteiger partial charge in [0.1, 0.15) is 11.6 Å². The number of anilines is 1. The Kier molecular flexibility index (Phi) is 3.90. The summed E-state index contributed by atoms with van der Waals surface area (Å²) < 4.78 is 5.24. The van der Waals surface area contributed by atoms with E-state index in [0.29, 0.717) is 6.04 Å². The molecule has 0 bridgehead atoms. The van der Waals surface area contributed by atoms with Gasteiger partial charge in [0.05, 0.1) is 7.11 Å². The highest BCUT2D eigenvalue weighted by atomic mass is 16.5. The summed E-state index contributed by atoms with van der Waals surface area (Å²) in [6.07, 6.45) is 8.54. The summed E-state index contributed by atoms with van der Waals surface area (Å²) in [6, 6.07) is 8.59. The fourth-order valence-electron chi connectivity index (χ4n) is 3.68. The summed E-state index contributed by atoms with van der Waals surface area (Å²) in [5.74, 6) is 2.76. The first kappa shape index (κ1) is 14.5. The van der Waals surface area contributed by atoms with Crippen molar-refractivity contribution in [3.63, 3.8) is 0 Å². The van der Waals surface area contributed by atoms with Gasteiger partial charge >= 0.3 is 0 Å². The van der Waals surface area contributed by atoms with Gasteiger partial charge in [0, 0.05) is 22.9 Å². The van der Waals surface area contributed by atoms with Crippen LogP contribution in [0.2, 0.25) is 0 Å². The molecule has 2 aliphatic rings. The van der Waals surface area contributed by atoms with Crippen LogP contribution in [-0.4, -0.2) is 23.1 Å². The summed E-state index contributed by atoms with van der Waals surface area (Å²) in [7, 11) is 1.69. The molecule has 0 spiro atoms. The minimum Gasteiger partial charge on any atom is -0.497 e. The SMILES string of the molecule is COc1ccc(-c2nc3c(c(NC4CCCC4)n2)CCC3)cc1. The van der Waals surface area contributed by atoms with Gasteiger partial charge < -0.3 is 10.1 Å². The summed E-state index contributed by atoms with van der Waals surface area (Å²) >= 11 is 0. The predicted octanol–water partition coefficient (Wildman–Crippen LogP) is 4.00. The van der Waals surface area contributed by atoms with E-state index in [1.807, 2.05) is 24.3 Å². The molecular weight excluding hydrogens is 286 g/mol. The Labute approximate surface area is 137 Å². The van der Waals surface area contributed by atoms with Crippen molar-refractivity contribution in [2.75, 3.05) is 12.4 Å². The number of rotatable bonds is 4. The molecule has 1 heterocycles. The zero-order valence-electron chi connectivity index (χ0n) is 13.6. The van der Waals surface area contributed by atoms with Crippen LogP contribution in [0.25, 0.3) is 11.4 Å². The lowest BCUT2D eigenvalue weighted by Gasteiger charge is -2.17. The van der Waals surface area contributed by atoms with Crippen molar-refractivity contribution in [1.29, 1.82) is 0 Å². The van der Waals surface area contributed by atoms with E-state index in [1.54, 1.807) is 7.11 Å². The second-order valence-electron chi connectivity index (χ2n) is 6.53. The van der Waals surface area contributed by atoms with E-state index in [4.69, 9.17) is 14.7 Å². The number of nitrogens with one attached hydrogen (secondary N) is 1. The highest BCUT2D eigenvalue weighted by Gasteiger charge is 2.23. The topological polar surface area (TPSA) is 47.0 Å². The third-order valence-electron chi connectivity index (χ3n) is 4.98. The van der Waals surface area contributed by atoms with E-state index in [-0.39, 0.29) is 0 Å². The Morgan fingerprint density at radius 3 is 2.52 bits per heavy atom. The summed E-state index contributed by atoms with van der Waals surface area (Å²) in [4.78, 5) is 9.69. The van der Waals surface area contributed by atoms with Gasteiger partial charge in [0.25, 0.3) is 0 Å². The van der Waals surface area contributed by atoms with Crippen molar-refractivity contribution >= 4 is 5.82 Å². The van der Waals surface area contributed by atoms with Crippen LogP contribution in [0.15, 0.2) is 24.3 Å². The summed E-state index contributed by atoms with van der Waals surface area (Å²) in [5, 5.41) is 3.70. The van der Waals surface area contributed by atoms with E-state index in [1.165, 1.54) is 43.4 Å². The predicted molar refractivity (Wildman–Crippen MR) is 91.9 cm³/mol. The number of benzene rings is 1. The van der Waals surface area contributed by atoms with Crippen LogP contribution in [-0.2, 0) is 12.8 Å². The maximum absolute atomic E-state index is 5.24. The molecule has 4 heteroatoms. The highest BCUT2D eigenvalue weighted by Crippen LogP contribution is 2.31. The molecule has 1 saturated carbocycles. The zero-order chi connectivity index (χ0) is 15.6. The normalized spacial score (nSPS) is 17.3.